The number of hydrogen-bond acceptors (Lipinski definition) is 2. The maximum atomic E-state index is 11.4. The Bertz CT molecular complexity index is 284. The van der Waals surface area contributed by atoms with Gasteiger partial charge in [0.2, 0.25) is 0 Å². The average molecular weight is 239 g/mol. The maximum Gasteiger partial charge on any atom is 0.323 e. The minimum atomic E-state index is -0.640. The topological polar surface area (TPSA) is 40.5 Å². The van der Waals surface area contributed by atoms with Gasteiger partial charge in [-0.15, -0.1) is 0 Å². The first-order chi connectivity index (χ1) is 8.02. The van der Waals surface area contributed by atoms with Gasteiger partial charge in [-0.3, -0.25) is 9.69 Å². The second-order valence-electron chi connectivity index (χ2n) is 6.25. The van der Waals surface area contributed by atoms with Gasteiger partial charge >= 0.3 is 5.97 Å². The zero-order valence-corrected chi connectivity index (χ0v) is 11.1. The van der Waals surface area contributed by atoms with Gasteiger partial charge in [0.25, 0.3) is 0 Å². The fraction of sp³-hybridized carbons (Fsp3) is 0.929. The largest absolute Gasteiger partial charge is 0.480 e. The number of aliphatic carboxylic acids is 1. The van der Waals surface area contributed by atoms with Crippen LogP contribution in [-0.4, -0.2) is 34.6 Å². The third-order valence-electron chi connectivity index (χ3n) is 4.86. The van der Waals surface area contributed by atoms with Gasteiger partial charge in [0.05, 0.1) is 0 Å². The van der Waals surface area contributed by atoms with E-state index in [1.54, 1.807) is 0 Å². The zero-order valence-electron chi connectivity index (χ0n) is 11.1. The Morgan fingerprint density at radius 3 is 2.59 bits per heavy atom. The Morgan fingerprint density at radius 2 is 2.00 bits per heavy atom. The first-order valence-electron chi connectivity index (χ1n) is 7.01. The molecule has 0 aromatic heterocycles. The van der Waals surface area contributed by atoms with E-state index in [4.69, 9.17) is 0 Å². The van der Waals surface area contributed by atoms with E-state index in [0.29, 0.717) is 0 Å². The summed E-state index contributed by atoms with van der Waals surface area (Å²) < 4.78 is 0. The lowest BCUT2D eigenvalue weighted by molar-refractivity contribution is -0.149. The lowest BCUT2D eigenvalue weighted by atomic mass is 9.82. The van der Waals surface area contributed by atoms with Crippen LogP contribution in [0.4, 0.5) is 0 Å². The first kappa shape index (κ1) is 12.9. The molecule has 3 heteroatoms. The van der Waals surface area contributed by atoms with Gasteiger partial charge in [-0.05, 0) is 51.0 Å². The molecule has 0 bridgehead atoms. The molecule has 3 nitrogen and oxygen atoms in total. The Hall–Kier alpha value is -0.570. The molecule has 1 saturated heterocycles. The Labute approximate surface area is 104 Å². The van der Waals surface area contributed by atoms with Crippen molar-refractivity contribution in [2.45, 2.75) is 57.9 Å². The molecule has 1 atom stereocenters. The maximum absolute atomic E-state index is 11.4. The van der Waals surface area contributed by atoms with E-state index in [1.165, 1.54) is 25.7 Å². The quantitative estimate of drug-likeness (QED) is 0.823. The molecule has 1 N–H and O–H groups in total. The van der Waals surface area contributed by atoms with Crippen molar-refractivity contribution in [3.8, 4) is 0 Å². The summed E-state index contributed by atoms with van der Waals surface area (Å²) in [6.45, 7) is 6.19. The van der Waals surface area contributed by atoms with Crippen molar-refractivity contribution in [2.75, 3.05) is 13.1 Å². The van der Waals surface area contributed by atoms with Crippen LogP contribution in [0.25, 0.3) is 0 Å². The fourth-order valence-corrected chi connectivity index (χ4v) is 3.38. The van der Waals surface area contributed by atoms with E-state index in [0.717, 1.165) is 37.8 Å². The predicted octanol–water partition coefficient (Wildman–Crippen LogP) is 2.75. The molecule has 1 heterocycles. The van der Waals surface area contributed by atoms with E-state index in [-0.39, 0.29) is 0 Å². The molecular weight excluding hydrogens is 214 g/mol. The minimum Gasteiger partial charge on any atom is -0.480 e. The number of carboxylic acid groups (broad SMARTS) is 1. The van der Waals surface area contributed by atoms with Crippen molar-refractivity contribution >= 4 is 5.97 Å². The van der Waals surface area contributed by atoms with Crippen molar-refractivity contribution in [3.63, 3.8) is 0 Å². The van der Waals surface area contributed by atoms with Crippen molar-refractivity contribution in [1.82, 2.24) is 4.90 Å². The van der Waals surface area contributed by atoms with E-state index in [1.807, 2.05) is 6.92 Å². The summed E-state index contributed by atoms with van der Waals surface area (Å²) in [6, 6.07) is 0. The average Bonchev–Trinajstić information content (AvgIpc) is 2.65. The Balaban J connectivity index is 1.92. The van der Waals surface area contributed by atoms with Crippen LogP contribution in [0.1, 0.15) is 52.4 Å². The number of likely N-dealkylation sites (tertiary alicyclic amines) is 1. The van der Waals surface area contributed by atoms with Gasteiger partial charge in [0.1, 0.15) is 5.54 Å². The summed E-state index contributed by atoms with van der Waals surface area (Å²) in [7, 11) is 0. The molecule has 17 heavy (non-hydrogen) atoms. The van der Waals surface area contributed by atoms with Crippen LogP contribution in [0.15, 0.2) is 0 Å². The Morgan fingerprint density at radius 1 is 1.35 bits per heavy atom. The molecule has 2 rings (SSSR count). The van der Waals surface area contributed by atoms with E-state index in [9.17, 15) is 9.90 Å². The van der Waals surface area contributed by atoms with Gasteiger partial charge in [0, 0.05) is 6.54 Å². The number of carboxylic acids is 1. The molecule has 0 amide bonds. The highest BCUT2D eigenvalue weighted by atomic mass is 16.4. The Kier molecular flexibility index (Phi) is 3.76. The second-order valence-corrected chi connectivity index (χ2v) is 6.25. The van der Waals surface area contributed by atoms with Crippen molar-refractivity contribution in [2.24, 2.45) is 11.8 Å². The summed E-state index contributed by atoms with van der Waals surface area (Å²) in [5.41, 5.74) is -0.594. The summed E-state index contributed by atoms with van der Waals surface area (Å²) in [4.78, 5) is 13.6. The molecule has 1 aliphatic carbocycles. The van der Waals surface area contributed by atoms with Crippen LogP contribution in [0.5, 0.6) is 0 Å². The van der Waals surface area contributed by atoms with Crippen LogP contribution in [0.2, 0.25) is 0 Å². The number of rotatable bonds is 3. The van der Waals surface area contributed by atoms with Gasteiger partial charge in [0.15, 0.2) is 0 Å². The monoisotopic (exact) mass is 239 g/mol. The highest BCUT2D eigenvalue weighted by molar-refractivity contribution is 5.78. The van der Waals surface area contributed by atoms with Gasteiger partial charge < -0.3 is 5.11 Å². The summed E-state index contributed by atoms with van der Waals surface area (Å²) in [5.74, 6) is 0.956. The molecule has 1 aliphatic heterocycles. The van der Waals surface area contributed by atoms with Crippen LogP contribution in [0.3, 0.4) is 0 Å². The highest BCUT2D eigenvalue weighted by Crippen LogP contribution is 2.34. The zero-order chi connectivity index (χ0) is 12.5. The smallest absolute Gasteiger partial charge is 0.323 e. The molecule has 1 saturated carbocycles. The fourth-order valence-electron chi connectivity index (χ4n) is 3.38. The number of nitrogens with zero attached hydrogens (tertiary/aromatic N) is 1. The summed E-state index contributed by atoms with van der Waals surface area (Å²) in [5, 5.41) is 9.37. The number of hydrogen-bond donors (Lipinski definition) is 1. The van der Waals surface area contributed by atoms with E-state index in [2.05, 4.69) is 11.8 Å². The van der Waals surface area contributed by atoms with Gasteiger partial charge in [-0.2, -0.15) is 0 Å². The van der Waals surface area contributed by atoms with Crippen LogP contribution >= 0.6 is 0 Å². The van der Waals surface area contributed by atoms with Crippen molar-refractivity contribution in [1.29, 1.82) is 0 Å². The molecule has 0 radical (unpaired) electrons. The van der Waals surface area contributed by atoms with Crippen molar-refractivity contribution in [3.05, 3.63) is 0 Å². The summed E-state index contributed by atoms with van der Waals surface area (Å²) >= 11 is 0. The normalized spacial score (nSPS) is 39.4. The van der Waals surface area contributed by atoms with Crippen LogP contribution < -0.4 is 0 Å². The molecule has 0 spiro atoms. The van der Waals surface area contributed by atoms with E-state index >= 15 is 0 Å². The van der Waals surface area contributed by atoms with Crippen LogP contribution in [-0.2, 0) is 4.79 Å². The minimum absolute atomic E-state index is 0.594. The van der Waals surface area contributed by atoms with Crippen LogP contribution in [0, 0.1) is 11.8 Å². The molecule has 2 aliphatic rings. The molecule has 0 aromatic carbocycles. The SMILES string of the molecule is CC1CCC(CN2CCCC2(C)C(=O)O)CC1. The predicted molar refractivity (Wildman–Crippen MR) is 68.0 cm³/mol. The lowest BCUT2D eigenvalue weighted by Gasteiger charge is -2.36. The molecular formula is C14H25NO2. The molecule has 1 unspecified atom stereocenters. The highest BCUT2D eigenvalue weighted by Gasteiger charge is 2.43. The van der Waals surface area contributed by atoms with Crippen molar-refractivity contribution < 1.29 is 9.90 Å². The van der Waals surface area contributed by atoms with Gasteiger partial charge in [-0.25, -0.2) is 0 Å². The van der Waals surface area contributed by atoms with Gasteiger partial charge in [-0.1, -0.05) is 19.8 Å². The second kappa shape index (κ2) is 4.97. The lowest BCUT2D eigenvalue weighted by Crippen LogP contribution is -2.49. The first-order valence-corrected chi connectivity index (χ1v) is 7.01. The molecule has 98 valence electrons. The van der Waals surface area contributed by atoms with E-state index < -0.39 is 11.5 Å². The summed E-state index contributed by atoms with van der Waals surface area (Å²) in [6.07, 6.45) is 7.06. The molecule has 0 aromatic rings. The third-order valence-corrected chi connectivity index (χ3v) is 4.86. The number of carbonyl (C=O) groups is 1. The third kappa shape index (κ3) is 2.65. The standard InChI is InChI=1S/C14H25NO2/c1-11-4-6-12(7-5-11)10-15-9-3-8-14(15,2)13(16)17/h11-12H,3-10H2,1-2H3,(H,16,17). The molecule has 2 fully saturated rings.